The summed E-state index contributed by atoms with van der Waals surface area (Å²) >= 11 is 0.953. The lowest BCUT2D eigenvalue weighted by molar-refractivity contribution is -0.123. The van der Waals surface area contributed by atoms with E-state index in [0.29, 0.717) is 16.8 Å². The van der Waals surface area contributed by atoms with Crippen LogP contribution in [0.25, 0.3) is 11.0 Å². The maximum Gasteiger partial charge on any atom is 0.246 e. The van der Waals surface area contributed by atoms with Crippen molar-refractivity contribution in [3.05, 3.63) is 48.5 Å². The van der Waals surface area contributed by atoms with Gasteiger partial charge < -0.3 is 10.1 Å². The smallest absolute Gasteiger partial charge is 0.246 e. The first-order valence-electron chi connectivity index (χ1n) is 8.67. The van der Waals surface area contributed by atoms with E-state index in [0.717, 1.165) is 11.7 Å². The number of para-hydroxylation sites is 1. The fourth-order valence-corrected chi connectivity index (χ4v) is 5.72. The van der Waals surface area contributed by atoms with Gasteiger partial charge in [0.1, 0.15) is 33.8 Å². The van der Waals surface area contributed by atoms with Gasteiger partial charge in [0.25, 0.3) is 0 Å². The molecule has 1 amide bonds. The van der Waals surface area contributed by atoms with Crippen molar-refractivity contribution in [1.82, 2.24) is 18.4 Å². The minimum atomic E-state index is -3.97. The van der Waals surface area contributed by atoms with Crippen molar-refractivity contribution in [2.75, 3.05) is 13.6 Å². The summed E-state index contributed by atoms with van der Waals surface area (Å²) in [6.45, 7) is 0.0727. The Labute approximate surface area is 166 Å². The van der Waals surface area contributed by atoms with Crippen LogP contribution < -0.4 is 10.1 Å². The lowest BCUT2D eigenvalue weighted by Gasteiger charge is -2.22. The molecule has 0 radical (unpaired) electrons. The number of likely N-dealkylation sites (N-methyl/N-ethyl adjacent to an activating group) is 1. The highest BCUT2D eigenvalue weighted by molar-refractivity contribution is 7.89. The summed E-state index contributed by atoms with van der Waals surface area (Å²) in [5.74, 6) is 0.263. The van der Waals surface area contributed by atoms with E-state index in [-0.39, 0.29) is 23.8 Å². The average Bonchev–Trinajstić information content (AvgIpc) is 3.35. The van der Waals surface area contributed by atoms with E-state index >= 15 is 0 Å². The molecule has 0 spiro atoms. The van der Waals surface area contributed by atoms with Crippen LogP contribution in [0.4, 0.5) is 0 Å². The van der Waals surface area contributed by atoms with Crippen LogP contribution in [-0.4, -0.2) is 53.1 Å². The molecule has 0 saturated carbocycles. The Morgan fingerprint density at radius 3 is 2.71 bits per heavy atom. The Kier molecular flexibility index (Phi) is 5.00. The largest absolute Gasteiger partial charge is 0.489 e. The zero-order valence-electron chi connectivity index (χ0n) is 15.0. The Bertz CT molecular complexity index is 1100. The Morgan fingerprint density at radius 1 is 1.18 bits per heavy atom. The molecule has 8 nitrogen and oxygen atoms in total. The molecule has 1 aliphatic rings. The standard InChI is InChI=1S/C18H18N4O4S2/c1-19-18(23)15-10-13(26-12-6-3-2-4-7-12)11-22(15)28(24,25)16-9-5-8-14-17(16)21-27-20-14/h2-9,13,15H,10-11H2,1H3,(H,19,23)/t13-,15-/m0/s1. The zero-order valence-corrected chi connectivity index (χ0v) is 16.6. The Morgan fingerprint density at radius 2 is 1.96 bits per heavy atom. The molecule has 1 aromatic heterocycles. The molecule has 3 aromatic rings. The van der Waals surface area contributed by atoms with Gasteiger partial charge in [0, 0.05) is 13.5 Å². The zero-order chi connectivity index (χ0) is 19.7. The molecule has 1 aliphatic heterocycles. The quantitative estimate of drug-likeness (QED) is 0.676. The van der Waals surface area contributed by atoms with E-state index < -0.39 is 22.2 Å². The maximum absolute atomic E-state index is 13.4. The van der Waals surface area contributed by atoms with Crippen LogP contribution in [0, 0.1) is 0 Å². The van der Waals surface area contributed by atoms with Crippen molar-refractivity contribution >= 4 is 38.7 Å². The van der Waals surface area contributed by atoms with Crippen LogP contribution in [-0.2, 0) is 14.8 Å². The minimum Gasteiger partial charge on any atom is -0.489 e. The van der Waals surface area contributed by atoms with Crippen molar-refractivity contribution in [3.63, 3.8) is 0 Å². The molecular formula is C18H18N4O4S2. The van der Waals surface area contributed by atoms with E-state index in [1.165, 1.54) is 17.4 Å². The summed E-state index contributed by atoms with van der Waals surface area (Å²) in [5.41, 5.74) is 0.828. The number of carbonyl (C=O) groups excluding carboxylic acids is 1. The molecule has 0 bridgehead atoms. The second-order valence-corrected chi connectivity index (χ2v) is 8.77. The number of carbonyl (C=O) groups is 1. The number of sulfonamides is 1. The van der Waals surface area contributed by atoms with E-state index in [4.69, 9.17) is 4.74 Å². The van der Waals surface area contributed by atoms with Crippen LogP contribution >= 0.6 is 11.7 Å². The van der Waals surface area contributed by atoms with Gasteiger partial charge in [-0.1, -0.05) is 24.3 Å². The number of benzene rings is 2. The van der Waals surface area contributed by atoms with Gasteiger partial charge in [-0.05, 0) is 24.3 Å². The van der Waals surface area contributed by atoms with Crippen molar-refractivity contribution in [2.24, 2.45) is 0 Å². The predicted octanol–water partition coefficient (Wildman–Crippen LogP) is 1.65. The Hall–Kier alpha value is -2.56. The third-order valence-electron chi connectivity index (χ3n) is 4.65. The first kappa shape index (κ1) is 18.8. The Balaban J connectivity index is 1.69. The number of hydrogen-bond donors (Lipinski definition) is 1. The van der Waals surface area contributed by atoms with Crippen molar-refractivity contribution in [2.45, 2.75) is 23.5 Å². The summed E-state index contributed by atoms with van der Waals surface area (Å²) in [6, 6.07) is 13.1. The fourth-order valence-electron chi connectivity index (χ4n) is 3.33. The summed E-state index contributed by atoms with van der Waals surface area (Å²) in [4.78, 5) is 12.5. The van der Waals surface area contributed by atoms with Crippen LogP contribution in [0.5, 0.6) is 5.75 Å². The topological polar surface area (TPSA) is 101 Å². The number of nitrogens with one attached hydrogen (secondary N) is 1. The number of amides is 1. The minimum absolute atomic E-state index is 0.0491. The van der Waals surface area contributed by atoms with Crippen LogP contribution in [0.3, 0.4) is 0 Å². The van der Waals surface area contributed by atoms with Gasteiger partial charge in [-0.25, -0.2) is 8.42 Å². The molecule has 10 heteroatoms. The lowest BCUT2D eigenvalue weighted by atomic mass is 10.2. The number of ether oxygens (including phenoxy) is 1. The summed E-state index contributed by atoms with van der Waals surface area (Å²) in [7, 11) is -2.48. The molecule has 2 atom stereocenters. The van der Waals surface area contributed by atoms with Gasteiger partial charge in [-0.15, -0.1) is 0 Å². The second kappa shape index (κ2) is 7.46. The molecule has 0 aliphatic carbocycles. The van der Waals surface area contributed by atoms with Crippen LogP contribution in [0.2, 0.25) is 0 Å². The molecule has 2 heterocycles. The summed E-state index contributed by atoms with van der Waals surface area (Å²) in [6.07, 6.45) is -0.175. The highest BCUT2D eigenvalue weighted by Crippen LogP contribution is 2.31. The predicted molar refractivity (Wildman–Crippen MR) is 105 cm³/mol. The van der Waals surface area contributed by atoms with Gasteiger partial charge in [-0.3, -0.25) is 4.79 Å². The van der Waals surface area contributed by atoms with Crippen molar-refractivity contribution in [3.8, 4) is 5.75 Å². The third-order valence-corrected chi connectivity index (χ3v) is 7.10. The summed E-state index contributed by atoms with van der Waals surface area (Å²) < 4.78 is 42.2. The van der Waals surface area contributed by atoms with Crippen LogP contribution in [0.15, 0.2) is 53.4 Å². The van der Waals surface area contributed by atoms with Gasteiger partial charge in [-0.2, -0.15) is 13.1 Å². The highest BCUT2D eigenvalue weighted by Gasteiger charge is 2.45. The molecule has 146 valence electrons. The molecule has 2 aromatic carbocycles. The molecule has 0 unspecified atom stereocenters. The average molecular weight is 419 g/mol. The number of nitrogens with zero attached hydrogens (tertiary/aromatic N) is 3. The molecule has 1 saturated heterocycles. The molecule has 4 rings (SSSR count). The normalized spacial score (nSPS) is 20.3. The maximum atomic E-state index is 13.4. The van der Waals surface area contributed by atoms with E-state index in [1.807, 2.05) is 18.2 Å². The number of aromatic nitrogens is 2. The SMILES string of the molecule is CNC(=O)[C@@H]1C[C@H](Oc2ccccc2)CN1S(=O)(=O)c1cccc2nsnc12. The molecule has 28 heavy (non-hydrogen) atoms. The number of rotatable bonds is 5. The van der Waals surface area contributed by atoms with E-state index in [2.05, 4.69) is 14.1 Å². The fraction of sp³-hybridized carbons (Fsp3) is 0.278. The molecular weight excluding hydrogens is 400 g/mol. The second-order valence-electron chi connectivity index (χ2n) is 6.38. The first-order chi connectivity index (χ1) is 13.5. The number of hydrogen-bond acceptors (Lipinski definition) is 7. The monoisotopic (exact) mass is 418 g/mol. The number of fused-ring (bicyclic) bond motifs is 1. The van der Waals surface area contributed by atoms with Gasteiger partial charge in [0.15, 0.2) is 0 Å². The third kappa shape index (κ3) is 3.34. The molecule has 1 fully saturated rings. The van der Waals surface area contributed by atoms with Crippen molar-refractivity contribution in [1.29, 1.82) is 0 Å². The molecule has 1 N–H and O–H groups in total. The highest BCUT2D eigenvalue weighted by atomic mass is 32.2. The van der Waals surface area contributed by atoms with E-state index in [9.17, 15) is 13.2 Å². The summed E-state index contributed by atoms with van der Waals surface area (Å²) in [5, 5.41) is 2.55. The van der Waals surface area contributed by atoms with Crippen LogP contribution in [0.1, 0.15) is 6.42 Å². The lowest BCUT2D eigenvalue weighted by Crippen LogP contribution is -2.44. The van der Waals surface area contributed by atoms with Gasteiger partial charge >= 0.3 is 0 Å². The van der Waals surface area contributed by atoms with Crippen molar-refractivity contribution < 1.29 is 17.9 Å². The van der Waals surface area contributed by atoms with Gasteiger partial charge in [0.05, 0.1) is 18.3 Å². The van der Waals surface area contributed by atoms with Gasteiger partial charge in [0.2, 0.25) is 15.9 Å². The van der Waals surface area contributed by atoms with E-state index in [1.54, 1.807) is 24.3 Å². The first-order valence-corrected chi connectivity index (χ1v) is 10.8.